The highest BCUT2D eigenvalue weighted by Gasteiger charge is 2.27. The van der Waals surface area contributed by atoms with E-state index in [1.54, 1.807) is 0 Å². The third kappa shape index (κ3) is 1.94. The summed E-state index contributed by atoms with van der Waals surface area (Å²) in [4.78, 5) is 8.68. The Morgan fingerprint density at radius 3 is 2.36 bits per heavy atom. The Morgan fingerprint density at radius 1 is 1.43 bits per heavy atom. The maximum absolute atomic E-state index is 10.9. The number of phenolic OH excluding ortho intramolecular Hbond substituents is 1. The van der Waals surface area contributed by atoms with E-state index < -0.39 is 30.3 Å². The summed E-state index contributed by atoms with van der Waals surface area (Å²) in [6.07, 6.45) is 0. The molecule has 0 aromatic heterocycles. The number of nitrogens with zero attached hydrogens (tertiary/aromatic N) is 1. The molecular weight excluding hydrogens is 234 g/mol. The van der Waals surface area contributed by atoms with E-state index in [-0.39, 0.29) is 0 Å². The predicted octanol–water partition coefficient (Wildman–Crippen LogP) is 1.23. The molecule has 0 spiro atoms. The second-order valence-electron chi connectivity index (χ2n) is 2.32. The summed E-state index contributed by atoms with van der Waals surface area (Å²) < 4.78 is 21.7. The number of rotatable bonds is 2. The molecule has 0 atom stereocenters. The zero-order valence-electron chi connectivity index (χ0n) is 6.55. The van der Waals surface area contributed by atoms with Gasteiger partial charge in [-0.2, -0.15) is 0 Å². The van der Waals surface area contributed by atoms with E-state index in [2.05, 4.69) is 0 Å². The van der Waals surface area contributed by atoms with Gasteiger partial charge in [-0.05, 0) is 12.1 Å². The smallest absolute Gasteiger partial charge is 0.330 e. The number of hydrogen-bond acceptors (Lipinski definition) is 5. The van der Waals surface area contributed by atoms with Crippen LogP contribution in [0.2, 0.25) is 0 Å². The third-order valence-electron chi connectivity index (χ3n) is 1.42. The maximum atomic E-state index is 10.9. The first-order valence-corrected chi connectivity index (χ1v) is 5.56. The highest BCUT2D eigenvalue weighted by atomic mass is 35.7. The van der Waals surface area contributed by atoms with Crippen LogP contribution in [0.4, 0.5) is 5.69 Å². The van der Waals surface area contributed by atoms with E-state index in [0.717, 1.165) is 18.2 Å². The van der Waals surface area contributed by atoms with Crippen molar-refractivity contribution in [2.45, 2.75) is 4.90 Å². The van der Waals surface area contributed by atoms with Gasteiger partial charge in [-0.1, -0.05) is 6.07 Å². The molecule has 0 heterocycles. The van der Waals surface area contributed by atoms with Gasteiger partial charge in [-0.15, -0.1) is 0 Å². The molecule has 0 saturated heterocycles. The molecule has 1 rings (SSSR count). The lowest BCUT2D eigenvalue weighted by molar-refractivity contribution is -0.388. The fourth-order valence-corrected chi connectivity index (χ4v) is 1.92. The lowest BCUT2D eigenvalue weighted by Crippen LogP contribution is -1.98. The minimum atomic E-state index is -4.23. The number of para-hydroxylation sites is 1. The van der Waals surface area contributed by atoms with Crippen molar-refractivity contribution in [3.63, 3.8) is 0 Å². The topological polar surface area (TPSA) is 97.5 Å². The molecule has 0 radical (unpaired) electrons. The Bertz CT molecular complexity index is 483. The summed E-state index contributed by atoms with van der Waals surface area (Å²) in [5.41, 5.74) is -0.914. The molecular formula is C6H4ClNO5S. The van der Waals surface area contributed by atoms with Crippen molar-refractivity contribution >= 4 is 25.4 Å². The number of nitro groups is 1. The summed E-state index contributed by atoms with van der Waals surface area (Å²) in [5.74, 6) is -0.739. The van der Waals surface area contributed by atoms with Crippen molar-refractivity contribution < 1.29 is 18.4 Å². The van der Waals surface area contributed by atoms with Gasteiger partial charge in [0, 0.05) is 10.7 Å². The number of phenols is 1. The molecule has 0 fully saturated rings. The number of benzene rings is 1. The zero-order valence-corrected chi connectivity index (χ0v) is 8.12. The lowest BCUT2D eigenvalue weighted by Gasteiger charge is -1.99. The van der Waals surface area contributed by atoms with E-state index in [1.807, 2.05) is 0 Å². The molecule has 14 heavy (non-hydrogen) atoms. The molecule has 0 aliphatic rings. The van der Waals surface area contributed by atoms with Crippen molar-refractivity contribution in [2.75, 3.05) is 0 Å². The summed E-state index contributed by atoms with van der Waals surface area (Å²) in [6, 6.07) is 3.10. The van der Waals surface area contributed by atoms with Crippen LogP contribution < -0.4 is 0 Å². The Balaban J connectivity index is 3.61. The average Bonchev–Trinajstić information content (AvgIpc) is 2.01. The zero-order chi connectivity index (χ0) is 10.9. The van der Waals surface area contributed by atoms with E-state index in [9.17, 15) is 18.5 Å². The fourth-order valence-electron chi connectivity index (χ4n) is 0.891. The van der Waals surface area contributed by atoms with E-state index in [4.69, 9.17) is 15.8 Å². The quantitative estimate of drug-likeness (QED) is 0.474. The highest BCUT2D eigenvalue weighted by Crippen LogP contribution is 2.34. The summed E-state index contributed by atoms with van der Waals surface area (Å²) in [6.45, 7) is 0. The van der Waals surface area contributed by atoms with Gasteiger partial charge in [0.15, 0.2) is 10.6 Å². The van der Waals surface area contributed by atoms with Gasteiger partial charge in [0.25, 0.3) is 9.05 Å². The molecule has 0 saturated carbocycles. The standard InChI is InChI=1S/C6H4ClNO5S/c7-14(12,13)5-3-1-2-4(9)6(5)8(10)11/h1-3,9H. The molecule has 0 aliphatic carbocycles. The Labute approximate surface area is 83.3 Å². The SMILES string of the molecule is O=[N+]([O-])c1c(O)cccc1S(=O)(=O)Cl. The second kappa shape index (κ2) is 3.43. The van der Waals surface area contributed by atoms with Gasteiger partial charge in [-0.25, -0.2) is 8.42 Å². The Hall–Kier alpha value is -1.34. The van der Waals surface area contributed by atoms with Crippen LogP contribution in [0.15, 0.2) is 23.1 Å². The first-order valence-electron chi connectivity index (χ1n) is 3.25. The van der Waals surface area contributed by atoms with E-state index in [1.165, 1.54) is 0 Å². The first-order chi connectivity index (χ1) is 6.34. The third-order valence-corrected chi connectivity index (χ3v) is 2.78. The summed E-state index contributed by atoms with van der Waals surface area (Å²) >= 11 is 0. The van der Waals surface area contributed by atoms with Gasteiger partial charge in [0.1, 0.15) is 0 Å². The van der Waals surface area contributed by atoms with Crippen molar-refractivity contribution in [3.05, 3.63) is 28.3 Å². The van der Waals surface area contributed by atoms with Crippen LogP contribution in [0.1, 0.15) is 0 Å². The van der Waals surface area contributed by atoms with Gasteiger partial charge in [0.2, 0.25) is 0 Å². The molecule has 0 aliphatic heterocycles. The molecule has 1 aromatic rings. The minimum absolute atomic E-state index is 0.718. The monoisotopic (exact) mass is 237 g/mol. The van der Waals surface area contributed by atoms with Crippen LogP contribution in [0.25, 0.3) is 0 Å². The average molecular weight is 238 g/mol. The van der Waals surface area contributed by atoms with Crippen LogP contribution in [0, 0.1) is 10.1 Å². The number of aromatic hydroxyl groups is 1. The fraction of sp³-hybridized carbons (Fsp3) is 0. The molecule has 1 aromatic carbocycles. The van der Waals surface area contributed by atoms with Gasteiger partial charge in [-0.3, -0.25) is 10.1 Å². The molecule has 1 N–H and O–H groups in total. The normalized spacial score (nSPS) is 11.2. The Morgan fingerprint density at radius 2 is 2.00 bits per heavy atom. The van der Waals surface area contributed by atoms with Crippen LogP contribution in [-0.4, -0.2) is 18.4 Å². The van der Waals surface area contributed by atoms with Gasteiger partial charge < -0.3 is 5.11 Å². The van der Waals surface area contributed by atoms with E-state index in [0.29, 0.717) is 0 Å². The molecule has 6 nitrogen and oxygen atoms in total. The van der Waals surface area contributed by atoms with Crippen LogP contribution >= 0.6 is 10.7 Å². The minimum Gasteiger partial charge on any atom is -0.502 e. The maximum Gasteiger partial charge on any atom is 0.330 e. The first kappa shape index (κ1) is 10.7. The molecule has 0 bridgehead atoms. The largest absolute Gasteiger partial charge is 0.502 e. The van der Waals surface area contributed by atoms with Crippen LogP contribution in [0.5, 0.6) is 5.75 Å². The van der Waals surface area contributed by atoms with Gasteiger partial charge in [0.05, 0.1) is 4.92 Å². The molecule has 0 amide bonds. The molecule has 0 unspecified atom stereocenters. The Kier molecular flexibility index (Phi) is 2.63. The lowest BCUT2D eigenvalue weighted by atomic mass is 10.3. The highest BCUT2D eigenvalue weighted by molar-refractivity contribution is 8.13. The van der Waals surface area contributed by atoms with Crippen LogP contribution in [-0.2, 0) is 9.05 Å². The number of nitro benzene ring substituents is 1. The van der Waals surface area contributed by atoms with Crippen molar-refractivity contribution in [1.82, 2.24) is 0 Å². The van der Waals surface area contributed by atoms with Gasteiger partial charge >= 0.3 is 5.69 Å². The summed E-state index contributed by atoms with van der Waals surface area (Å²) in [7, 11) is 0.706. The molecule has 76 valence electrons. The van der Waals surface area contributed by atoms with Crippen molar-refractivity contribution in [1.29, 1.82) is 0 Å². The predicted molar refractivity (Wildman–Crippen MR) is 47.8 cm³/mol. The van der Waals surface area contributed by atoms with E-state index >= 15 is 0 Å². The second-order valence-corrected chi connectivity index (χ2v) is 4.85. The van der Waals surface area contributed by atoms with Crippen molar-refractivity contribution in [2.24, 2.45) is 0 Å². The number of halogens is 1. The van der Waals surface area contributed by atoms with Crippen molar-refractivity contribution in [3.8, 4) is 5.75 Å². The van der Waals surface area contributed by atoms with Crippen LogP contribution in [0.3, 0.4) is 0 Å². The number of hydrogen-bond donors (Lipinski definition) is 1. The summed E-state index contributed by atoms with van der Waals surface area (Å²) in [5, 5.41) is 19.5. The molecule has 8 heteroatoms.